The van der Waals surface area contributed by atoms with Gasteiger partial charge in [-0.25, -0.2) is 9.18 Å². The fourth-order valence-corrected chi connectivity index (χ4v) is 2.90. The topological polar surface area (TPSA) is 125 Å². The summed E-state index contributed by atoms with van der Waals surface area (Å²) in [7, 11) is 0. The van der Waals surface area contributed by atoms with E-state index in [0.717, 1.165) is 6.07 Å². The molecule has 3 amide bonds. The number of carbonyl (C=O) groups is 4. The van der Waals surface area contributed by atoms with Crippen molar-refractivity contribution in [1.82, 2.24) is 10.6 Å². The van der Waals surface area contributed by atoms with E-state index in [-0.39, 0.29) is 24.4 Å². The summed E-state index contributed by atoms with van der Waals surface area (Å²) < 4.78 is 13.3. The Kier molecular flexibility index (Phi) is 6.49. The molecule has 1 heterocycles. The molecule has 1 aromatic rings. The summed E-state index contributed by atoms with van der Waals surface area (Å²) in [4.78, 5) is 47.3. The van der Waals surface area contributed by atoms with Gasteiger partial charge in [-0.15, -0.1) is 0 Å². The van der Waals surface area contributed by atoms with Gasteiger partial charge in [0.15, 0.2) is 0 Å². The standard InChI is InChI=1S/C18H22FN3O5/c1-9(2)5-14(18(26)27)22-16(24)8-20-17(25)12-7-15(23)21-13-6-10(19)3-4-11(12)13/h3-4,6,9,12,14H,5,7-8H2,1-2H3,(H,20,25)(H,21,23)(H,22,24)(H,26,27)/t12?,14-/m0/s1. The molecule has 2 rings (SSSR count). The summed E-state index contributed by atoms with van der Waals surface area (Å²) in [6, 6.07) is 2.69. The zero-order chi connectivity index (χ0) is 20.1. The minimum atomic E-state index is -1.15. The highest BCUT2D eigenvalue weighted by Crippen LogP contribution is 2.32. The van der Waals surface area contributed by atoms with E-state index in [4.69, 9.17) is 5.11 Å². The summed E-state index contributed by atoms with van der Waals surface area (Å²) in [5, 5.41) is 16.4. The van der Waals surface area contributed by atoms with Crippen LogP contribution in [0.1, 0.15) is 38.2 Å². The second-order valence-corrected chi connectivity index (χ2v) is 6.84. The van der Waals surface area contributed by atoms with Gasteiger partial charge in [0.05, 0.1) is 12.5 Å². The van der Waals surface area contributed by atoms with Crippen molar-refractivity contribution in [2.24, 2.45) is 5.92 Å². The fraction of sp³-hybridized carbons (Fsp3) is 0.444. The molecule has 4 N–H and O–H groups in total. The smallest absolute Gasteiger partial charge is 0.326 e. The number of hydrogen-bond donors (Lipinski definition) is 4. The molecule has 1 unspecified atom stereocenters. The van der Waals surface area contributed by atoms with Gasteiger partial charge in [0.25, 0.3) is 0 Å². The lowest BCUT2D eigenvalue weighted by molar-refractivity contribution is -0.142. The fourth-order valence-electron chi connectivity index (χ4n) is 2.90. The number of nitrogens with one attached hydrogen (secondary N) is 3. The first-order valence-electron chi connectivity index (χ1n) is 8.56. The number of hydrogen-bond acceptors (Lipinski definition) is 4. The first-order chi connectivity index (χ1) is 12.7. The molecule has 0 aromatic heterocycles. The van der Waals surface area contributed by atoms with Crippen LogP contribution < -0.4 is 16.0 Å². The molecule has 0 spiro atoms. The van der Waals surface area contributed by atoms with Crippen LogP contribution in [0.5, 0.6) is 0 Å². The van der Waals surface area contributed by atoms with E-state index in [0.29, 0.717) is 5.56 Å². The molecule has 9 heteroatoms. The highest BCUT2D eigenvalue weighted by atomic mass is 19.1. The number of rotatable bonds is 7. The quantitative estimate of drug-likeness (QED) is 0.562. The minimum Gasteiger partial charge on any atom is -0.480 e. The van der Waals surface area contributed by atoms with E-state index in [2.05, 4.69) is 16.0 Å². The van der Waals surface area contributed by atoms with Crippen LogP contribution in [0, 0.1) is 11.7 Å². The minimum absolute atomic E-state index is 0.0682. The molecule has 8 nitrogen and oxygen atoms in total. The Morgan fingerprint density at radius 3 is 2.67 bits per heavy atom. The number of aliphatic carboxylic acids is 1. The lowest BCUT2D eigenvalue weighted by Gasteiger charge is -2.25. The number of benzene rings is 1. The Morgan fingerprint density at radius 1 is 1.33 bits per heavy atom. The molecule has 0 aliphatic carbocycles. The van der Waals surface area contributed by atoms with Crippen LogP contribution in [-0.2, 0) is 19.2 Å². The molecule has 2 atom stereocenters. The monoisotopic (exact) mass is 379 g/mol. The van der Waals surface area contributed by atoms with Crippen LogP contribution in [0.25, 0.3) is 0 Å². The second kappa shape index (κ2) is 8.61. The summed E-state index contributed by atoms with van der Waals surface area (Å²) in [6.45, 7) is 3.24. The Labute approximate surface area is 155 Å². The number of carboxylic acids is 1. The number of anilines is 1. The van der Waals surface area contributed by atoms with Crippen LogP contribution in [0.2, 0.25) is 0 Å². The van der Waals surface area contributed by atoms with E-state index >= 15 is 0 Å². The molecule has 1 aliphatic rings. The number of carbonyl (C=O) groups excluding carboxylic acids is 3. The van der Waals surface area contributed by atoms with E-state index in [9.17, 15) is 23.6 Å². The van der Waals surface area contributed by atoms with E-state index in [1.54, 1.807) is 0 Å². The van der Waals surface area contributed by atoms with Gasteiger partial charge in [0.1, 0.15) is 11.9 Å². The summed E-state index contributed by atoms with van der Waals surface area (Å²) >= 11 is 0. The molecule has 1 aromatic carbocycles. The first kappa shape index (κ1) is 20.3. The van der Waals surface area contributed by atoms with Crippen molar-refractivity contribution in [2.45, 2.75) is 38.6 Å². The predicted molar refractivity (Wildman–Crippen MR) is 94.4 cm³/mol. The van der Waals surface area contributed by atoms with Gasteiger partial charge in [-0.2, -0.15) is 0 Å². The molecule has 146 valence electrons. The van der Waals surface area contributed by atoms with Crippen molar-refractivity contribution in [2.75, 3.05) is 11.9 Å². The van der Waals surface area contributed by atoms with Gasteiger partial charge in [-0.05, 0) is 30.0 Å². The van der Waals surface area contributed by atoms with Crippen molar-refractivity contribution in [3.8, 4) is 0 Å². The Bertz CT molecular complexity index is 765. The zero-order valence-corrected chi connectivity index (χ0v) is 15.0. The molecule has 27 heavy (non-hydrogen) atoms. The van der Waals surface area contributed by atoms with Crippen LogP contribution in [0.15, 0.2) is 18.2 Å². The van der Waals surface area contributed by atoms with Gasteiger partial charge in [-0.1, -0.05) is 19.9 Å². The maximum absolute atomic E-state index is 13.3. The lowest BCUT2D eigenvalue weighted by atomic mass is 9.89. The average molecular weight is 379 g/mol. The molecule has 0 saturated carbocycles. The van der Waals surface area contributed by atoms with Crippen molar-refractivity contribution in [3.05, 3.63) is 29.6 Å². The molecular formula is C18H22FN3O5. The van der Waals surface area contributed by atoms with Crippen molar-refractivity contribution in [3.63, 3.8) is 0 Å². The summed E-state index contributed by atoms with van der Waals surface area (Å²) in [5.41, 5.74) is 0.677. The highest BCUT2D eigenvalue weighted by molar-refractivity contribution is 6.01. The summed E-state index contributed by atoms with van der Waals surface area (Å²) in [6.07, 6.45) is 0.133. The number of carboxylic acid groups (broad SMARTS) is 1. The van der Waals surface area contributed by atoms with Crippen molar-refractivity contribution in [1.29, 1.82) is 0 Å². The first-order valence-corrected chi connectivity index (χ1v) is 8.56. The van der Waals surface area contributed by atoms with E-state index in [1.165, 1.54) is 12.1 Å². The highest BCUT2D eigenvalue weighted by Gasteiger charge is 2.31. The van der Waals surface area contributed by atoms with Gasteiger partial charge in [0, 0.05) is 12.1 Å². The van der Waals surface area contributed by atoms with Crippen molar-refractivity contribution < 1.29 is 28.7 Å². The molecule has 0 bridgehead atoms. The van der Waals surface area contributed by atoms with Crippen LogP contribution in [-0.4, -0.2) is 41.4 Å². The van der Waals surface area contributed by atoms with Crippen LogP contribution >= 0.6 is 0 Å². The lowest BCUT2D eigenvalue weighted by Crippen LogP contribution is -2.47. The second-order valence-electron chi connectivity index (χ2n) is 6.84. The molecule has 0 radical (unpaired) electrons. The van der Waals surface area contributed by atoms with E-state index < -0.39 is 48.0 Å². The number of amides is 3. The zero-order valence-electron chi connectivity index (χ0n) is 15.0. The maximum Gasteiger partial charge on any atom is 0.326 e. The summed E-state index contributed by atoms with van der Waals surface area (Å²) in [5.74, 6) is -4.12. The van der Waals surface area contributed by atoms with Gasteiger partial charge < -0.3 is 21.1 Å². The van der Waals surface area contributed by atoms with Crippen LogP contribution in [0.3, 0.4) is 0 Å². The Hall–Kier alpha value is -2.97. The number of halogens is 1. The SMILES string of the molecule is CC(C)C[C@H](NC(=O)CNC(=O)C1CC(=O)Nc2cc(F)ccc21)C(=O)O. The van der Waals surface area contributed by atoms with Gasteiger partial charge >= 0.3 is 5.97 Å². The van der Waals surface area contributed by atoms with Gasteiger partial charge in [-0.3, -0.25) is 14.4 Å². The number of fused-ring (bicyclic) bond motifs is 1. The molecule has 1 aliphatic heterocycles. The van der Waals surface area contributed by atoms with Gasteiger partial charge in [0.2, 0.25) is 17.7 Å². The maximum atomic E-state index is 13.3. The third kappa shape index (κ3) is 5.50. The normalized spacial score (nSPS) is 16.9. The average Bonchev–Trinajstić information content (AvgIpc) is 2.57. The molecule has 0 fully saturated rings. The third-order valence-electron chi connectivity index (χ3n) is 4.13. The third-order valence-corrected chi connectivity index (χ3v) is 4.13. The molecule has 0 saturated heterocycles. The molecular weight excluding hydrogens is 357 g/mol. The van der Waals surface area contributed by atoms with E-state index in [1.807, 2.05) is 13.8 Å². The Morgan fingerprint density at radius 2 is 2.04 bits per heavy atom. The largest absolute Gasteiger partial charge is 0.480 e. The van der Waals surface area contributed by atoms with Crippen molar-refractivity contribution >= 4 is 29.4 Å². The van der Waals surface area contributed by atoms with Crippen LogP contribution in [0.4, 0.5) is 10.1 Å². The Balaban J connectivity index is 1.98. The predicted octanol–water partition coefficient (Wildman–Crippen LogP) is 0.983.